The fourth-order valence-corrected chi connectivity index (χ4v) is 1.60. The van der Waals surface area contributed by atoms with Crippen molar-refractivity contribution in [3.8, 4) is 11.8 Å². The van der Waals surface area contributed by atoms with Crippen LogP contribution in [0.5, 0.6) is 5.75 Å². The minimum atomic E-state index is 0.0852. The van der Waals surface area contributed by atoms with E-state index in [4.69, 9.17) is 21.6 Å². The Morgan fingerprint density at radius 1 is 1.36 bits per heavy atom. The molecule has 1 aromatic rings. The van der Waals surface area contributed by atoms with Crippen LogP contribution in [0.15, 0.2) is 12.1 Å². The maximum absolute atomic E-state index is 8.41. The molecule has 0 bridgehead atoms. The van der Waals surface area contributed by atoms with Crippen LogP contribution in [-0.2, 0) is 5.88 Å². The summed E-state index contributed by atoms with van der Waals surface area (Å²) in [5.41, 5.74) is 3.12. The molecule has 14 heavy (non-hydrogen) atoms. The highest BCUT2D eigenvalue weighted by molar-refractivity contribution is 6.17. The van der Waals surface area contributed by atoms with Crippen molar-refractivity contribution >= 4 is 11.6 Å². The molecule has 2 nitrogen and oxygen atoms in total. The summed E-state index contributed by atoms with van der Waals surface area (Å²) in [6.07, 6.45) is 0. The molecule has 0 radical (unpaired) electrons. The summed E-state index contributed by atoms with van der Waals surface area (Å²) in [6, 6.07) is 5.91. The van der Waals surface area contributed by atoms with E-state index in [2.05, 4.69) is 0 Å². The molecule has 0 atom stereocenters. The molecule has 1 rings (SSSR count). The van der Waals surface area contributed by atoms with Gasteiger partial charge < -0.3 is 4.74 Å². The lowest BCUT2D eigenvalue weighted by molar-refractivity contribution is 0.363. The van der Waals surface area contributed by atoms with Gasteiger partial charge in [-0.2, -0.15) is 5.26 Å². The Labute approximate surface area is 89.1 Å². The first kappa shape index (κ1) is 10.9. The van der Waals surface area contributed by atoms with Gasteiger partial charge in [-0.1, -0.05) is 12.1 Å². The van der Waals surface area contributed by atoms with E-state index in [-0.39, 0.29) is 6.61 Å². The standard InChI is InChI=1S/C11H12ClNO/c1-8-5-10(7-12)6-9(2)11(8)14-4-3-13/h5-6H,4,7H2,1-2H3. The van der Waals surface area contributed by atoms with Gasteiger partial charge in [-0.15, -0.1) is 11.6 Å². The van der Waals surface area contributed by atoms with Crippen molar-refractivity contribution in [1.82, 2.24) is 0 Å². The Morgan fingerprint density at radius 2 is 1.93 bits per heavy atom. The van der Waals surface area contributed by atoms with Gasteiger partial charge in [-0.3, -0.25) is 0 Å². The molecule has 3 heteroatoms. The Hall–Kier alpha value is -1.20. The predicted molar refractivity (Wildman–Crippen MR) is 56.6 cm³/mol. The van der Waals surface area contributed by atoms with E-state index in [9.17, 15) is 0 Å². The quantitative estimate of drug-likeness (QED) is 0.718. The van der Waals surface area contributed by atoms with Crippen molar-refractivity contribution in [3.05, 3.63) is 28.8 Å². The van der Waals surface area contributed by atoms with Crippen molar-refractivity contribution in [2.24, 2.45) is 0 Å². The van der Waals surface area contributed by atoms with Crippen LogP contribution in [0.1, 0.15) is 16.7 Å². The molecule has 0 fully saturated rings. The second-order valence-corrected chi connectivity index (χ2v) is 3.41. The highest BCUT2D eigenvalue weighted by Gasteiger charge is 2.05. The topological polar surface area (TPSA) is 33.0 Å². The van der Waals surface area contributed by atoms with E-state index >= 15 is 0 Å². The molecule has 0 aliphatic heterocycles. The van der Waals surface area contributed by atoms with Crippen LogP contribution in [0, 0.1) is 25.2 Å². The zero-order valence-electron chi connectivity index (χ0n) is 8.30. The number of halogens is 1. The van der Waals surface area contributed by atoms with Gasteiger partial charge in [0.05, 0.1) is 0 Å². The summed E-state index contributed by atoms with van der Waals surface area (Å²) in [5, 5.41) is 8.41. The predicted octanol–water partition coefficient (Wildman–Crippen LogP) is 2.94. The third kappa shape index (κ3) is 2.40. The highest BCUT2D eigenvalue weighted by Crippen LogP contribution is 2.25. The molecule has 0 spiro atoms. The van der Waals surface area contributed by atoms with Gasteiger partial charge in [0.1, 0.15) is 11.8 Å². The third-order valence-corrected chi connectivity index (χ3v) is 2.26. The van der Waals surface area contributed by atoms with E-state index < -0.39 is 0 Å². The van der Waals surface area contributed by atoms with Crippen molar-refractivity contribution in [2.75, 3.05) is 6.61 Å². The normalized spacial score (nSPS) is 9.57. The van der Waals surface area contributed by atoms with E-state index in [0.29, 0.717) is 5.88 Å². The van der Waals surface area contributed by atoms with E-state index in [1.165, 1.54) is 0 Å². The van der Waals surface area contributed by atoms with Crippen LogP contribution in [0.2, 0.25) is 0 Å². The van der Waals surface area contributed by atoms with Crippen LogP contribution >= 0.6 is 11.6 Å². The van der Waals surface area contributed by atoms with Crippen LogP contribution in [-0.4, -0.2) is 6.61 Å². The number of aryl methyl sites for hydroxylation is 2. The Kier molecular flexibility index (Phi) is 3.79. The van der Waals surface area contributed by atoms with Crippen molar-refractivity contribution < 1.29 is 4.74 Å². The van der Waals surface area contributed by atoms with E-state index in [1.54, 1.807) is 0 Å². The number of alkyl halides is 1. The van der Waals surface area contributed by atoms with Crippen molar-refractivity contribution in [1.29, 1.82) is 5.26 Å². The van der Waals surface area contributed by atoms with Crippen molar-refractivity contribution in [3.63, 3.8) is 0 Å². The molecule has 0 aliphatic rings. The van der Waals surface area contributed by atoms with Crippen LogP contribution in [0.25, 0.3) is 0 Å². The number of nitrogens with zero attached hydrogens (tertiary/aromatic N) is 1. The fourth-order valence-electron chi connectivity index (χ4n) is 1.45. The molecule has 0 amide bonds. The molecule has 0 N–H and O–H groups in total. The number of hydrogen-bond donors (Lipinski definition) is 0. The number of rotatable bonds is 3. The van der Waals surface area contributed by atoms with Crippen LogP contribution in [0.4, 0.5) is 0 Å². The lowest BCUT2D eigenvalue weighted by Gasteiger charge is -2.10. The molecule has 0 saturated carbocycles. The van der Waals surface area contributed by atoms with Gasteiger partial charge in [0.25, 0.3) is 0 Å². The lowest BCUT2D eigenvalue weighted by atomic mass is 10.1. The highest BCUT2D eigenvalue weighted by atomic mass is 35.5. The number of hydrogen-bond acceptors (Lipinski definition) is 2. The first-order chi connectivity index (χ1) is 6.69. The molecule has 0 aliphatic carbocycles. The average Bonchev–Trinajstić information content (AvgIpc) is 2.16. The Balaban J connectivity index is 3.00. The maximum Gasteiger partial charge on any atom is 0.174 e. The molecule has 1 aromatic carbocycles. The van der Waals surface area contributed by atoms with Gasteiger partial charge in [0.15, 0.2) is 6.61 Å². The molecule has 0 unspecified atom stereocenters. The van der Waals surface area contributed by atoms with Crippen molar-refractivity contribution in [2.45, 2.75) is 19.7 Å². The SMILES string of the molecule is Cc1cc(CCl)cc(C)c1OCC#N. The van der Waals surface area contributed by atoms with Gasteiger partial charge in [-0.05, 0) is 30.5 Å². The number of nitriles is 1. The molecular formula is C11H12ClNO. The summed E-state index contributed by atoms with van der Waals surface area (Å²) in [5.74, 6) is 1.29. The summed E-state index contributed by atoms with van der Waals surface area (Å²) < 4.78 is 5.31. The molecule has 0 saturated heterocycles. The molecule has 74 valence electrons. The van der Waals surface area contributed by atoms with E-state index in [0.717, 1.165) is 22.4 Å². The monoisotopic (exact) mass is 209 g/mol. The molecular weight excluding hydrogens is 198 g/mol. The van der Waals surface area contributed by atoms with Gasteiger partial charge >= 0.3 is 0 Å². The minimum absolute atomic E-state index is 0.0852. The number of ether oxygens (including phenoxy) is 1. The summed E-state index contributed by atoms with van der Waals surface area (Å²) >= 11 is 5.73. The second kappa shape index (κ2) is 4.88. The first-order valence-corrected chi connectivity index (χ1v) is 4.88. The second-order valence-electron chi connectivity index (χ2n) is 3.14. The number of benzene rings is 1. The summed E-state index contributed by atoms with van der Waals surface area (Å²) in [7, 11) is 0. The fraction of sp³-hybridized carbons (Fsp3) is 0.364. The smallest absolute Gasteiger partial charge is 0.174 e. The third-order valence-electron chi connectivity index (χ3n) is 1.96. The first-order valence-electron chi connectivity index (χ1n) is 4.35. The van der Waals surface area contributed by atoms with Gasteiger partial charge in [-0.25, -0.2) is 0 Å². The molecule has 0 aromatic heterocycles. The zero-order valence-corrected chi connectivity index (χ0v) is 9.06. The lowest BCUT2D eigenvalue weighted by Crippen LogP contribution is -1.99. The van der Waals surface area contributed by atoms with Crippen LogP contribution < -0.4 is 4.74 Å². The largest absolute Gasteiger partial charge is 0.478 e. The minimum Gasteiger partial charge on any atom is -0.478 e. The Morgan fingerprint density at radius 3 is 2.36 bits per heavy atom. The van der Waals surface area contributed by atoms with Gasteiger partial charge in [0, 0.05) is 5.88 Å². The summed E-state index contributed by atoms with van der Waals surface area (Å²) in [6.45, 7) is 3.99. The van der Waals surface area contributed by atoms with E-state index in [1.807, 2.05) is 32.0 Å². The maximum atomic E-state index is 8.41. The average molecular weight is 210 g/mol. The zero-order chi connectivity index (χ0) is 10.6. The Bertz CT molecular complexity index is 345. The van der Waals surface area contributed by atoms with Gasteiger partial charge in [0.2, 0.25) is 0 Å². The molecule has 0 heterocycles. The summed E-state index contributed by atoms with van der Waals surface area (Å²) in [4.78, 5) is 0. The van der Waals surface area contributed by atoms with Crippen LogP contribution in [0.3, 0.4) is 0 Å².